The molecule has 4 heterocycles. The van der Waals surface area contributed by atoms with Crippen LogP contribution >= 0.6 is 0 Å². The second kappa shape index (κ2) is 10.1. The zero-order valence-corrected chi connectivity index (χ0v) is 22.0. The lowest BCUT2D eigenvalue weighted by Crippen LogP contribution is -2.47. The van der Waals surface area contributed by atoms with Gasteiger partial charge in [0.25, 0.3) is 0 Å². The first kappa shape index (κ1) is 26.3. The number of halogens is 3. The van der Waals surface area contributed by atoms with E-state index in [4.69, 9.17) is 14.5 Å². The number of amides is 1. The summed E-state index contributed by atoms with van der Waals surface area (Å²) < 4.78 is 55.6. The van der Waals surface area contributed by atoms with Crippen molar-refractivity contribution < 1.29 is 27.4 Å². The Kier molecular flexibility index (Phi) is 7.01. The van der Waals surface area contributed by atoms with E-state index in [2.05, 4.69) is 24.3 Å². The molecule has 0 bridgehead atoms. The quantitative estimate of drug-likeness (QED) is 0.621. The van der Waals surface area contributed by atoms with Crippen molar-refractivity contribution in [2.75, 3.05) is 19.7 Å². The highest BCUT2D eigenvalue weighted by atomic mass is 19.4. The summed E-state index contributed by atoms with van der Waals surface area (Å²) in [4.78, 5) is 22.7. The molecule has 1 fully saturated rings. The van der Waals surface area contributed by atoms with Crippen molar-refractivity contribution in [3.05, 3.63) is 30.1 Å². The first-order valence-corrected chi connectivity index (χ1v) is 12.9. The standard InChI is InChI=1S/C26H33F3N6O3/c1-15(2)35-25(30-16(3)32-35)21-14-34-11-12-37-22-13-19(5-6-20(22)24(34)31-21)38-23(26(27,28)29)18-7-9-33(10-8-18)17(4)36/h5-6,13-15,18,23,25H,7-12H2,1-4H3,(H,30,32). The average molecular weight is 535 g/mol. The zero-order chi connectivity index (χ0) is 27.2. The predicted octanol–water partition coefficient (Wildman–Crippen LogP) is 4.16. The van der Waals surface area contributed by atoms with Gasteiger partial charge in [-0.25, -0.2) is 9.98 Å². The third-order valence-electron chi connectivity index (χ3n) is 7.27. The second-order valence-electron chi connectivity index (χ2n) is 10.3. The van der Waals surface area contributed by atoms with Crippen LogP contribution in [0.2, 0.25) is 0 Å². The van der Waals surface area contributed by atoms with Gasteiger partial charge in [0.05, 0.1) is 12.1 Å². The Morgan fingerprint density at radius 2 is 1.95 bits per heavy atom. The molecule has 2 unspecified atom stereocenters. The molecule has 1 aromatic carbocycles. The molecule has 1 aromatic heterocycles. The van der Waals surface area contributed by atoms with E-state index in [-0.39, 0.29) is 36.7 Å². The second-order valence-corrected chi connectivity index (χ2v) is 10.3. The minimum absolute atomic E-state index is 0.0894. The Morgan fingerprint density at radius 3 is 2.61 bits per heavy atom. The first-order valence-electron chi connectivity index (χ1n) is 12.9. The zero-order valence-electron chi connectivity index (χ0n) is 22.0. The van der Waals surface area contributed by atoms with Gasteiger partial charge in [-0.1, -0.05) is 0 Å². The number of piperidine rings is 1. The van der Waals surface area contributed by atoms with Crippen LogP contribution in [-0.2, 0) is 11.3 Å². The van der Waals surface area contributed by atoms with Crippen molar-refractivity contribution in [1.82, 2.24) is 24.9 Å². The molecule has 0 spiro atoms. The number of nitrogens with one attached hydrogen (secondary N) is 1. The van der Waals surface area contributed by atoms with E-state index in [1.165, 1.54) is 19.1 Å². The molecule has 12 heteroatoms. The number of aliphatic imine (C=N–C) groups is 1. The lowest BCUT2D eigenvalue weighted by atomic mass is 9.90. The molecule has 3 aliphatic rings. The molecule has 9 nitrogen and oxygen atoms in total. The summed E-state index contributed by atoms with van der Waals surface area (Å²) in [5.74, 6) is 1.14. The topological polar surface area (TPSA) is 84.2 Å². The van der Waals surface area contributed by atoms with Gasteiger partial charge in [0, 0.05) is 44.2 Å². The number of amidine groups is 1. The van der Waals surface area contributed by atoms with Gasteiger partial charge in [0.15, 0.2) is 12.3 Å². The fourth-order valence-corrected chi connectivity index (χ4v) is 5.32. The minimum Gasteiger partial charge on any atom is -0.491 e. The Balaban J connectivity index is 1.39. The molecule has 206 valence electrons. The Hall–Kier alpha value is -3.28. The number of aromatic nitrogens is 2. The molecule has 0 radical (unpaired) electrons. The summed E-state index contributed by atoms with van der Waals surface area (Å²) >= 11 is 0. The van der Waals surface area contributed by atoms with Crippen LogP contribution in [0.1, 0.15) is 52.4 Å². The highest BCUT2D eigenvalue weighted by Crippen LogP contribution is 2.40. The average Bonchev–Trinajstić information content (AvgIpc) is 3.41. The molecule has 3 aliphatic heterocycles. The van der Waals surface area contributed by atoms with Gasteiger partial charge < -0.3 is 24.4 Å². The maximum absolute atomic E-state index is 14.0. The van der Waals surface area contributed by atoms with Gasteiger partial charge in [-0.05, 0) is 45.7 Å². The molecule has 2 atom stereocenters. The van der Waals surface area contributed by atoms with Crippen molar-refractivity contribution in [3.8, 4) is 22.9 Å². The Bertz CT molecular complexity index is 1220. The summed E-state index contributed by atoms with van der Waals surface area (Å²) in [5, 5.41) is 2.03. The maximum atomic E-state index is 14.0. The normalized spacial score (nSPS) is 21.2. The number of hydrogen-bond donors (Lipinski definition) is 1. The van der Waals surface area contributed by atoms with Crippen molar-refractivity contribution in [2.24, 2.45) is 10.9 Å². The SMILES string of the molecule is CC(=O)N1CCC(C(Oc2ccc3c(c2)OCCn2cc(C4N=C(C)NN4C(C)C)nc2-3)C(F)(F)F)CC1. The highest BCUT2D eigenvalue weighted by Gasteiger charge is 2.48. The smallest absolute Gasteiger partial charge is 0.425 e. The minimum atomic E-state index is -4.54. The van der Waals surface area contributed by atoms with Gasteiger partial charge in [0.1, 0.15) is 35.5 Å². The van der Waals surface area contributed by atoms with E-state index in [1.54, 1.807) is 11.0 Å². The molecular weight excluding hydrogens is 501 g/mol. The summed E-state index contributed by atoms with van der Waals surface area (Å²) in [7, 11) is 0. The monoisotopic (exact) mass is 534 g/mol. The number of hydrogen-bond acceptors (Lipinski definition) is 7. The van der Waals surface area contributed by atoms with Crippen molar-refractivity contribution in [3.63, 3.8) is 0 Å². The van der Waals surface area contributed by atoms with Gasteiger partial charge in [-0.15, -0.1) is 0 Å². The Labute approximate surface area is 219 Å². The van der Waals surface area contributed by atoms with Gasteiger partial charge in [0.2, 0.25) is 5.91 Å². The third kappa shape index (κ3) is 5.18. The molecule has 0 aliphatic carbocycles. The van der Waals surface area contributed by atoms with Crippen LogP contribution in [0.15, 0.2) is 29.4 Å². The molecular formula is C26H33F3N6O3. The number of carbonyl (C=O) groups is 1. The number of hydrazine groups is 1. The number of fused-ring (bicyclic) bond motifs is 3. The van der Waals surface area contributed by atoms with Gasteiger partial charge in [-0.3, -0.25) is 4.79 Å². The summed E-state index contributed by atoms with van der Waals surface area (Å²) in [6.45, 7) is 8.94. The largest absolute Gasteiger partial charge is 0.491 e. The van der Waals surface area contributed by atoms with Crippen molar-refractivity contribution in [2.45, 2.75) is 71.6 Å². The first-order chi connectivity index (χ1) is 18.0. The van der Waals surface area contributed by atoms with Crippen LogP contribution in [0.3, 0.4) is 0 Å². The molecule has 5 rings (SSSR count). The number of alkyl halides is 3. The fourth-order valence-electron chi connectivity index (χ4n) is 5.32. The van der Waals surface area contributed by atoms with Gasteiger partial charge in [-0.2, -0.15) is 18.2 Å². The number of carbonyl (C=O) groups excluding carboxylic acids is 1. The van der Waals surface area contributed by atoms with Crippen LogP contribution < -0.4 is 14.9 Å². The predicted molar refractivity (Wildman–Crippen MR) is 135 cm³/mol. The molecule has 1 amide bonds. The summed E-state index contributed by atoms with van der Waals surface area (Å²) in [5.41, 5.74) is 4.73. The Morgan fingerprint density at radius 1 is 1.21 bits per heavy atom. The van der Waals surface area contributed by atoms with E-state index in [0.29, 0.717) is 43.4 Å². The van der Waals surface area contributed by atoms with E-state index in [9.17, 15) is 18.0 Å². The molecule has 38 heavy (non-hydrogen) atoms. The fraction of sp³-hybridized carbons (Fsp3) is 0.577. The number of ether oxygens (including phenoxy) is 2. The third-order valence-corrected chi connectivity index (χ3v) is 7.27. The molecule has 1 saturated heterocycles. The molecule has 2 aromatic rings. The number of likely N-dealkylation sites (tertiary alicyclic amines) is 1. The van der Waals surface area contributed by atoms with Crippen LogP contribution in [-0.4, -0.2) is 69.2 Å². The lowest BCUT2D eigenvalue weighted by molar-refractivity contribution is -0.213. The summed E-state index contributed by atoms with van der Waals surface area (Å²) in [6.07, 6.45) is -4.36. The molecule has 1 N–H and O–H groups in total. The van der Waals surface area contributed by atoms with E-state index < -0.39 is 18.2 Å². The van der Waals surface area contributed by atoms with E-state index in [0.717, 1.165) is 11.5 Å². The summed E-state index contributed by atoms with van der Waals surface area (Å²) in [6, 6.07) is 4.94. The number of rotatable bonds is 5. The molecule has 0 saturated carbocycles. The van der Waals surface area contributed by atoms with E-state index in [1.807, 2.05) is 22.7 Å². The van der Waals surface area contributed by atoms with Crippen molar-refractivity contribution in [1.29, 1.82) is 0 Å². The highest BCUT2D eigenvalue weighted by molar-refractivity contribution is 5.80. The maximum Gasteiger partial charge on any atom is 0.425 e. The number of benzene rings is 1. The number of nitrogens with zero attached hydrogens (tertiary/aromatic N) is 5. The van der Waals surface area contributed by atoms with Crippen LogP contribution in [0, 0.1) is 5.92 Å². The van der Waals surface area contributed by atoms with Crippen LogP contribution in [0.4, 0.5) is 13.2 Å². The number of imidazole rings is 1. The van der Waals surface area contributed by atoms with Gasteiger partial charge >= 0.3 is 6.18 Å². The van der Waals surface area contributed by atoms with E-state index >= 15 is 0 Å². The lowest BCUT2D eigenvalue weighted by Gasteiger charge is -2.36. The van der Waals surface area contributed by atoms with Crippen LogP contribution in [0.25, 0.3) is 11.4 Å². The van der Waals surface area contributed by atoms with Crippen LogP contribution in [0.5, 0.6) is 11.5 Å². The van der Waals surface area contributed by atoms with Crippen molar-refractivity contribution >= 4 is 11.7 Å².